The van der Waals surface area contributed by atoms with E-state index < -0.39 is 0 Å². The maximum Gasteiger partial charge on any atom is 0.319 e. The Balaban J connectivity index is 1.75. The maximum absolute atomic E-state index is 12.5. The number of benzene rings is 1. The van der Waals surface area contributed by atoms with Crippen molar-refractivity contribution in [2.45, 2.75) is 44.1 Å². The molecule has 0 spiro atoms. The molecule has 130 valence electrons. The fourth-order valence-corrected chi connectivity index (χ4v) is 4.63. The van der Waals surface area contributed by atoms with E-state index in [2.05, 4.69) is 23.8 Å². The molecule has 25 heavy (non-hydrogen) atoms. The van der Waals surface area contributed by atoms with E-state index in [1.165, 1.54) is 22.2 Å². The summed E-state index contributed by atoms with van der Waals surface area (Å²) in [5.74, 6) is -0.201. The first kappa shape index (κ1) is 17.9. The second-order valence-electron chi connectivity index (χ2n) is 5.75. The smallest absolute Gasteiger partial charge is 0.319 e. The summed E-state index contributed by atoms with van der Waals surface area (Å²) in [5.41, 5.74) is 2.18. The molecular formula is C19H20N2O2S2. The molecule has 4 nitrogen and oxygen atoms in total. The summed E-state index contributed by atoms with van der Waals surface area (Å²) in [5, 5.41) is 1.64. The highest BCUT2D eigenvalue weighted by Gasteiger charge is 2.23. The molecule has 0 amide bonds. The van der Waals surface area contributed by atoms with Gasteiger partial charge in [0.2, 0.25) is 0 Å². The second-order valence-corrected chi connectivity index (χ2v) is 8.14. The van der Waals surface area contributed by atoms with Crippen LogP contribution in [0.2, 0.25) is 0 Å². The van der Waals surface area contributed by atoms with Crippen LogP contribution < -0.4 is 0 Å². The van der Waals surface area contributed by atoms with Gasteiger partial charge in [-0.15, -0.1) is 11.3 Å². The fraction of sp³-hybridized carbons (Fsp3) is 0.316. The molecule has 0 radical (unpaired) electrons. The zero-order chi connectivity index (χ0) is 17.8. The number of aryl methyl sites for hydroxylation is 2. The average Bonchev–Trinajstić information content (AvgIpc) is 2.93. The third-order valence-corrected chi connectivity index (χ3v) is 6.50. The molecule has 6 heteroatoms. The lowest BCUT2D eigenvalue weighted by Crippen LogP contribution is -2.19. The van der Waals surface area contributed by atoms with Crippen molar-refractivity contribution in [2.75, 3.05) is 0 Å². The van der Waals surface area contributed by atoms with E-state index in [0.717, 1.165) is 20.8 Å². The number of nitrogens with zero attached hydrogens (tertiary/aromatic N) is 2. The zero-order valence-corrected chi connectivity index (χ0v) is 16.1. The number of rotatable bonds is 6. The Morgan fingerprint density at radius 3 is 2.72 bits per heavy atom. The van der Waals surface area contributed by atoms with Crippen LogP contribution in [-0.4, -0.2) is 21.2 Å². The van der Waals surface area contributed by atoms with Crippen LogP contribution in [0.5, 0.6) is 0 Å². The topological polar surface area (TPSA) is 52.1 Å². The van der Waals surface area contributed by atoms with Crippen LogP contribution in [0.25, 0.3) is 10.2 Å². The highest BCUT2D eigenvalue weighted by Crippen LogP contribution is 2.36. The van der Waals surface area contributed by atoms with Gasteiger partial charge >= 0.3 is 5.97 Å². The van der Waals surface area contributed by atoms with E-state index >= 15 is 0 Å². The largest absolute Gasteiger partial charge is 0.460 e. The van der Waals surface area contributed by atoms with Gasteiger partial charge in [-0.1, -0.05) is 49.0 Å². The van der Waals surface area contributed by atoms with Gasteiger partial charge in [-0.05, 0) is 31.4 Å². The SMILES string of the molecule is CCC(Sc1ncnc2sc(C)c(C)c12)C(=O)OCc1ccccc1. The molecular weight excluding hydrogens is 352 g/mol. The van der Waals surface area contributed by atoms with Crippen LogP contribution in [0.4, 0.5) is 0 Å². The molecule has 3 aromatic rings. The summed E-state index contributed by atoms with van der Waals surface area (Å²) in [6.45, 7) is 6.45. The molecule has 3 rings (SSSR count). The fourth-order valence-electron chi connectivity index (χ4n) is 2.49. The lowest BCUT2D eigenvalue weighted by atomic mass is 10.2. The van der Waals surface area contributed by atoms with Gasteiger partial charge in [0.15, 0.2) is 0 Å². The van der Waals surface area contributed by atoms with Crippen LogP contribution >= 0.6 is 23.1 Å². The standard InChI is InChI=1S/C19H20N2O2S2/c1-4-15(19(22)23-10-14-8-6-5-7-9-14)25-18-16-12(2)13(3)24-17(16)20-11-21-18/h5-9,11,15H,4,10H2,1-3H3. The molecule has 1 atom stereocenters. The number of fused-ring (bicyclic) bond motifs is 1. The molecule has 1 aromatic carbocycles. The molecule has 2 aromatic heterocycles. The molecule has 1 unspecified atom stereocenters. The summed E-state index contributed by atoms with van der Waals surface area (Å²) < 4.78 is 5.50. The quantitative estimate of drug-likeness (QED) is 0.349. The summed E-state index contributed by atoms with van der Waals surface area (Å²) in [6, 6.07) is 9.73. The lowest BCUT2D eigenvalue weighted by molar-refractivity contribution is -0.144. The molecule has 0 aliphatic carbocycles. The number of aromatic nitrogens is 2. The van der Waals surface area contributed by atoms with Crippen molar-refractivity contribution in [3.05, 3.63) is 52.7 Å². The van der Waals surface area contributed by atoms with E-state index in [4.69, 9.17) is 4.74 Å². The monoisotopic (exact) mass is 372 g/mol. The van der Waals surface area contributed by atoms with Gasteiger partial charge in [0.25, 0.3) is 0 Å². The van der Waals surface area contributed by atoms with Crippen LogP contribution in [-0.2, 0) is 16.1 Å². The summed E-state index contributed by atoms with van der Waals surface area (Å²) in [7, 11) is 0. The Morgan fingerprint density at radius 1 is 1.24 bits per heavy atom. The maximum atomic E-state index is 12.5. The normalized spacial score (nSPS) is 12.3. The minimum Gasteiger partial charge on any atom is -0.460 e. The number of esters is 1. The number of carbonyl (C=O) groups is 1. The van der Waals surface area contributed by atoms with E-state index in [0.29, 0.717) is 13.0 Å². The van der Waals surface area contributed by atoms with Crippen molar-refractivity contribution >= 4 is 39.3 Å². The van der Waals surface area contributed by atoms with Gasteiger partial charge in [0, 0.05) is 10.3 Å². The van der Waals surface area contributed by atoms with Crippen molar-refractivity contribution in [3.8, 4) is 0 Å². The number of hydrogen-bond acceptors (Lipinski definition) is 6. The molecule has 0 fully saturated rings. The van der Waals surface area contributed by atoms with Crippen molar-refractivity contribution < 1.29 is 9.53 Å². The molecule has 0 bridgehead atoms. The van der Waals surface area contributed by atoms with Crippen molar-refractivity contribution in [1.29, 1.82) is 0 Å². The van der Waals surface area contributed by atoms with Crippen molar-refractivity contribution in [2.24, 2.45) is 0 Å². The van der Waals surface area contributed by atoms with Gasteiger partial charge in [0.1, 0.15) is 28.0 Å². The predicted molar refractivity (Wildman–Crippen MR) is 103 cm³/mol. The Bertz CT molecular complexity index is 878. The highest BCUT2D eigenvalue weighted by atomic mass is 32.2. The minimum atomic E-state index is -0.276. The third kappa shape index (κ3) is 4.02. The van der Waals surface area contributed by atoms with E-state index in [-0.39, 0.29) is 11.2 Å². The van der Waals surface area contributed by atoms with E-state index in [1.54, 1.807) is 17.7 Å². The van der Waals surface area contributed by atoms with Gasteiger partial charge in [-0.3, -0.25) is 4.79 Å². The van der Waals surface area contributed by atoms with Crippen molar-refractivity contribution in [1.82, 2.24) is 9.97 Å². The molecule has 0 aliphatic heterocycles. The number of thioether (sulfide) groups is 1. The van der Waals surface area contributed by atoms with Crippen LogP contribution in [0.3, 0.4) is 0 Å². The molecule has 0 aliphatic rings. The molecule has 2 heterocycles. The van der Waals surface area contributed by atoms with Crippen LogP contribution in [0.1, 0.15) is 29.3 Å². The van der Waals surface area contributed by atoms with Gasteiger partial charge in [-0.25, -0.2) is 9.97 Å². The number of thiophene rings is 1. The van der Waals surface area contributed by atoms with Gasteiger partial charge in [-0.2, -0.15) is 0 Å². The number of ether oxygens (including phenoxy) is 1. The summed E-state index contributed by atoms with van der Waals surface area (Å²) in [6.07, 6.45) is 2.26. The Hall–Kier alpha value is -1.92. The first-order chi connectivity index (χ1) is 12.1. The first-order valence-corrected chi connectivity index (χ1v) is 9.87. The minimum absolute atomic E-state index is 0.201. The van der Waals surface area contributed by atoms with E-state index in [9.17, 15) is 4.79 Å². The highest BCUT2D eigenvalue weighted by molar-refractivity contribution is 8.00. The molecule has 0 saturated carbocycles. The predicted octanol–water partition coefficient (Wildman–Crippen LogP) is 4.92. The lowest BCUT2D eigenvalue weighted by Gasteiger charge is -2.14. The zero-order valence-electron chi connectivity index (χ0n) is 14.5. The van der Waals surface area contributed by atoms with E-state index in [1.807, 2.05) is 37.3 Å². The third-order valence-electron chi connectivity index (χ3n) is 4.04. The Labute approximate surface area is 155 Å². The Kier molecular flexibility index (Phi) is 5.71. The Morgan fingerprint density at radius 2 is 2.00 bits per heavy atom. The van der Waals surface area contributed by atoms with Gasteiger partial charge in [0.05, 0.1) is 0 Å². The molecule has 0 N–H and O–H groups in total. The van der Waals surface area contributed by atoms with Crippen LogP contribution in [0.15, 0.2) is 41.7 Å². The van der Waals surface area contributed by atoms with Gasteiger partial charge < -0.3 is 4.74 Å². The number of carbonyl (C=O) groups excluding carboxylic acids is 1. The molecule has 0 saturated heterocycles. The average molecular weight is 373 g/mol. The van der Waals surface area contributed by atoms with Crippen LogP contribution in [0, 0.1) is 13.8 Å². The first-order valence-electron chi connectivity index (χ1n) is 8.18. The second kappa shape index (κ2) is 7.97. The summed E-state index contributed by atoms with van der Waals surface area (Å²) >= 11 is 3.13. The summed E-state index contributed by atoms with van der Waals surface area (Å²) in [4.78, 5) is 23.5. The number of hydrogen-bond donors (Lipinski definition) is 0. The van der Waals surface area contributed by atoms with Crippen molar-refractivity contribution in [3.63, 3.8) is 0 Å².